The summed E-state index contributed by atoms with van der Waals surface area (Å²) in [5.41, 5.74) is 1.04. The average molecular weight is 374 g/mol. The van der Waals surface area contributed by atoms with Crippen molar-refractivity contribution < 1.29 is 13.9 Å². The van der Waals surface area contributed by atoms with E-state index in [0.717, 1.165) is 32.2 Å². The van der Waals surface area contributed by atoms with Crippen LogP contribution in [0.25, 0.3) is 0 Å². The zero-order chi connectivity index (χ0) is 19.8. The largest absolute Gasteiger partial charge is 0.372 e. The van der Waals surface area contributed by atoms with Gasteiger partial charge in [-0.2, -0.15) is 0 Å². The van der Waals surface area contributed by atoms with Crippen molar-refractivity contribution in [3.63, 3.8) is 0 Å². The van der Waals surface area contributed by atoms with E-state index in [4.69, 9.17) is 4.74 Å². The number of hydrogen-bond donors (Lipinski definition) is 0. The van der Waals surface area contributed by atoms with Crippen molar-refractivity contribution in [3.05, 3.63) is 35.1 Å². The molecule has 2 unspecified atom stereocenters. The number of halogens is 1. The normalized spacial score (nSPS) is 19.3. The molecule has 0 spiro atoms. The van der Waals surface area contributed by atoms with Gasteiger partial charge in [0, 0.05) is 25.6 Å². The highest BCUT2D eigenvalue weighted by Crippen LogP contribution is 2.33. The Hall–Kier alpha value is -1.86. The van der Waals surface area contributed by atoms with Crippen LogP contribution in [-0.4, -0.2) is 37.1 Å². The molecule has 1 aromatic rings. The molecule has 1 heterocycles. The predicted molar refractivity (Wildman–Crippen MR) is 107 cm³/mol. The SMILES string of the molecule is CCCCC1CCN(C(=O)C(C)C)C1Cc1cccc(C#CCOC)c1F. The maximum Gasteiger partial charge on any atom is 0.225 e. The Morgan fingerprint density at radius 3 is 2.85 bits per heavy atom. The zero-order valence-electron chi connectivity index (χ0n) is 17.1. The summed E-state index contributed by atoms with van der Waals surface area (Å²) in [6.45, 7) is 7.12. The molecule has 4 heteroatoms. The lowest BCUT2D eigenvalue weighted by Crippen LogP contribution is -2.41. The Kier molecular flexibility index (Phi) is 8.31. The molecule has 3 nitrogen and oxygen atoms in total. The number of hydrogen-bond acceptors (Lipinski definition) is 2. The fraction of sp³-hybridized carbons (Fsp3) is 0.609. The summed E-state index contributed by atoms with van der Waals surface area (Å²) in [6.07, 6.45) is 4.95. The van der Waals surface area contributed by atoms with E-state index < -0.39 is 0 Å². The third-order valence-corrected chi connectivity index (χ3v) is 5.34. The van der Waals surface area contributed by atoms with E-state index in [1.54, 1.807) is 13.2 Å². The highest BCUT2D eigenvalue weighted by molar-refractivity contribution is 5.78. The molecular weight excluding hydrogens is 341 g/mol. The van der Waals surface area contributed by atoms with Crippen molar-refractivity contribution in [1.82, 2.24) is 4.90 Å². The number of amides is 1. The Morgan fingerprint density at radius 1 is 1.41 bits per heavy atom. The van der Waals surface area contributed by atoms with Gasteiger partial charge in [-0.15, -0.1) is 0 Å². The van der Waals surface area contributed by atoms with Gasteiger partial charge in [-0.1, -0.05) is 57.6 Å². The summed E-state index contributed by atoms with van der Waals surface area (Å²) in [5, 5.41) is 0. The first-order chi connectivity index (χ1) is 13.0. The van der Waals surface area contributed by atoms with Gasteiger partial charge in [-0.25, -0.2) is 4.39 Å². The van der Waals surface area contributed by atoms with Crippen molar-refractivity contribution >= 4 is 5.91 Å². The summed E-state index contributed by atoms with van der Waals surface area (Å²) in [6, 6.07) is 5.44. The van der Waals surface area contributed by atoms with Crippen molar-refractivity contribution in [1.29, 1.82) is 0 Å². The minimum absolute atomic E-state index is 0.0338. The molecule has 0 radical (unpaired) electrons. The quantitative estimate of drug-likeness (QED) is 0.662. The summed E-state index contributed by atoms with van der Waals surface area (Å²) >= 11 is 0. The molecule has 27 heavy (non-hydrogen) atoms. The first kappa shape index (κ1) is 21.4. The van der Waals surface area contributed by atoms with Gasteiger partial charge < -0.3 is 9.64 Å². The molecule has 1 saturated heterocycles. The van der Waals surface area contributed by atoms with E-state index in [1.165, 1.54) is 0 Å². The molecule has 0 aromatic heterocycles. The number of unbranched alkanes of at least 4 members (excludes halogenated alkanes) is 1. The Morgan fingerprint density at radius 2 is 2.19 bits per heavy atom. The number of benzene rings is 1. The molecule has 1 aliphatic rings. The van der Waals surface area contributed by atoms with E-state index >= 15 is 0 Å². The van der Waals surface area contributed by atoms with E-state index in [9.17, 15) is 9.18 Å². The number of methoxy groups -OCH3 is 1. The highest BCUT2D eigenvalue weighted by Gasteiger charge is 2.37. The molecular formula is C23H32FNO2. The zero-order valence-corrected chi connectivity index (χ0v) is 17.1. The van der Waals surface area contributed by atoms with Crippen molar-refractivity contribution in [3.8, 4) is 11.8 Å². The number of carbonyl (C=O) groups is 1. The van der Waals surface area contributed by atoms with Crippen molar-refractivity contribution in [2.45, 2.75) is 58.9 Å². The smallest absolute Gasteiger partial charge is 0.225 e. The predicted octanol–water partition coefficient (Wildman–Crippen LogP) is 4.43. The van der Waals surface area contributed by atoms with Gasteiger partial charge in [0.05, 0.1) is 5.56 Å². The van der Waals surface area contributed by atoms with E-state index in [0.29, 0.717) is 23.5 Å². The van der Waals surface area contributed by atoms with Crippen LogP contribution in [0.4, 0.5) is 4.39 Å². The average Bonchev–Trinajstić information content (AvgIpc) is 3.04. The molecule has 1 amide bonds. The molecule has 1 fully saturated rings. The minimum Gasteiger partial charge on any atom is -0.372 e. The summed E-state index contributed by atoms with van der Waals surface area (Å²) in [5.74, 6) is 5.98. The number of ether oxygens (including phenoxy) is 1. The van der Waals surface area contributed by atoms with Crippen LogP contribution in [0, 0.1) is 29.5 Å². The van der Waals surface area contributed by atoms with Crippen molar-refractivity contribution in [2.75, 3.05) is 20.3 Å². The second-order valence-electron chi connectivity index (χ2n) is 7.66. The lowest BCUT2D eigenvalue weighted by atomic mass is 9.89. The van der Waals surface area contributed by atoms with E-state index in [1.807, 2.05) is 30.9 Å². The van der Waals surface area contributed by atoms with Gasteiger partial charge in [0.15, 0.2) is 0 Å². The lowest BCUT2D eigenvalue weighted by Gasteiger charge is -2.30. The monoisotopic (exact) mass is 373 g/mol. The van der Waals surface area contributed by atoms with E-state index in [2.05, 4.69) is 18.8 Å². The van der Waals surface area contributed by atoms with Crippen LogP contribution < -0.4 is 0 Å². The van der Waals surface area contributed by atoms with Gasteiger partial charge in [-0.05, 0) is 36.8 Å². The summed E-state index contributed by atoms with van der Waals surface area (Å²) < 4.78 is 19.9. The van der Waals surface area contributed by atoms with Crippen LogP contribution in [0.5, 0.6) is 0 Å². The fourth-order valence-electron chi connectivity index (χ4n) is 3.87. The van der Waals surface area contributed by atoms with Gasteiger partial charge >= 0.3 is 0 Å². The highest BCUT2D eigenvalue weighted by atomic mass is 19.1. The van der Waals surface area contributed by atoms with Crippen LogP contribution in [0.3, 0.4) is 0 Å². The van der Waals surface area contributed by atoms with Gasteiger partial charge in [-0.3, -0.25) is 4.79 Å². The third-order valence-electron chi connectivity index (χ3n) is 5.34. The molecule has 1 aliphatic heterocycles. The molecule has 0 aliphatic carbocycles. The number of carbonyl (C=O) groups excluding carboxylic acids is 1. The van der Waals surface area contributed by atoms with Gasteiger partial charge in [0.25, 0.3) is 0 Å². The molecule has 1 aromatic carbocycles. The number of likely N-dealkylation sites (tertiary alicyclic amines) is 1. The first-order valence-electron chi connectivity index (χ1n) is 10.0. The molecule has 0 saturated carbocycles. The fourth-order valence-corrected chi connectivity index (χ4v) is 3.87. The topological polar surface area (TPSA) is 29.5 Å². The Labute approximate surface area is 163 Å². The van der Waals surface area contributed by atoms with E-state index in [-0.39, 0.29) is 30.3 Å². The molecule has 0 bridgehead atoms. The van der Waals surface area contributed by atoms with Crippen LogP contribution in [0.2, 0.25) is 0 Å². The maximum atomic E-state index is 15.0. The van der Waals surface area contributed by atoms with Crippen LogP contribution in [0.15, 0.2) is 18.2 Å². The number of nitrogens with zero attached hydrogens (tertiary/aromatic N) is 1. The standard InChI is InChI=1S/C23H32FNO2/c1-5-6-9-18-13-14-25(23(26)17(2)3)21(18)16-20-11-7-10-19(22(20)24)12-8-15-27-4/h7,10-11,17-18,21H,5-6,9,13-16H2,1-4H3. The van der Waals surface area contributed by atoms with Gasteiger partial charge in [0.1, 0.15) is 12.4 Å². The Balaban J connectivity index is 2.25. The minimum atomic E-state index is -0.265. The second-order valence-corrected chi connectivity index (χ2v) is 7.66. The molecule has 148 valence electrons. The maximum absolute atomic E-state index is 15.0. The number of rotatable bonds is 7. The van der Waals surface area contributed by atoms with Crippen molar-refractivity contribution in [2.24, 2.45) is 11.8 Å². The molecule has 2 rings (SSSR count). The summed E-state index contributed by atoms with van der Waals surface area (Å²) in [7, 11) is 1.57. The van der Waals surface area contributed by atoms with Crippen LogP contribution >= 0.6 is 0 Å². The van der Waals surface area contributed by atoms with Crippen LogP contribution in [0.1, 0.15) is 57.6 Å². The van der Waals surface area contributed by atoms with Gasteiger partial charge in [0.2, 0.25) is 5.91 Å². The lowest BCUT2D eigenvalue weighted by molar-refractivity contribution is -0.135. The Bertz CT molecular complexity index is 689. The molecule has 2 atom stereocenters. The third kappa shape index (κ3) is 5.56. The first-order valence-corrected chi connectivity index (χ1v) is 10.0. The molecule has 0 N–H and O–H groups in total. The summed E-state index contributed by atoms with van der Waals surface area (Å²) in [4.78, 5) is 14.7. The second kappa shape index (κ2) is 10.5. The van der Waals surface area contributed by atoms with Crippen LogP contribution in [-0.2, 0) is 16.0 Å².